The van der Waals surface area contributed by atoms with Crippen molar-refractivity contribution in [3.8, 4) is 0 Å². The molecule has 0 aliphatic rings. The Bertz CT molecular complexity index is 124. The zero-order valence-corrected chi connectivity index (χ0v) is 10.4. The highest BCUT2D eigenvalue weighted by atomic mass is 28.4. The molecule has 0 heterocycles. The highest BCUT2D eigenvalue weighted by Gasteiger charge is 2.31. The minimum absolute atomic E-state index is 0.738. The summed E-state index contributed by atoms with van der Waals surface area (Å²) in [7, 11) is 1.00. The van der Waals surface area contributed by atoms with E-state index in [4.69, 9.17) is 13.3 Å². The van der Waals surface area contributed by atoms with Crippen molar-refractivity contribution in [2.45, 2.75) is 33.2 Å². The largest absolute Gasteiger partial charge is 0.497 e. The van der Waals surface area contributed by atoms with E-state index in [0.29, 0.717) is 0 Å². The summed E-state index contributed by atoms with van der Waals surface area (Å²) in [4.78, 5) is 0. The smallest absolute Gasteiger partial charge is 0.377 e. The van der Waals surface area contributed by atoms with E-state index >= 15 is 0 Å². The van der Waals surface area contributed by atoms with Crippen LogP contribution < -0.4 is 0 Å². The van der Waals surface area contributed by atoms with Crippen LogP contribution in [0, 0.1) is 5.92 Å². The third-order valence-corrected chi connectivity index (χ3v) is 4.24. The second kappa shape index (κ2) is 6.54. The van der Waals surface area contributed by atoms with Crippen LogP contribution in [0.1, 0.15) is 26.7 Å². The molecule has 13 heavy (non-hydrogen) atoms. The van der Waals surface area contributed by atoms with Gasteiger partial charge in [-0.25, -0.2) is 0 Å². The highest BCUT2D eigenvalue weighted by Crippen LogP contribution is 2.09. The second-order valence-corrected chi connectivity index (χ2v) is 6.49. The van der Waals surface area contributed by atoms with E-state index in [9.17, 15) is 0 Å². The molecule has 0 unspecified atom stereocenters. The van der Waals surface area contributed by atoms with Gasteiger partial charge in [0.15, 0.2) is 0 Å². The Labute approximate surface area is 82.8 Å². The van der Waals surface area contributed by atoms with Gasteiger partial charge in [0.25, 0.3) is 0 Å². The van der Waals surface area contributed by atoms with Crippen molar-refractivity contribution >= 4 is 8.80 Å². The molecular formula is C9H22O3Si. The van der Waals surface area contributed by atoms with Crippen LogP contribution in [-0.4, -0.2) is 29.6 Å². The summed E-state index contributed by atoms with van der Waals surface area (Å²) >= 11 is 0. The summed E-state index contributed by atoms with van der Waals surface area (Å²) in [6.07, 6.45) is 2.27. The van der Waals surface area contributed by atoms with Crippen LogP contribution in [0.15, 0.2) is 0 Å². The minimum Gasteiger partial charge on any atom is -0.377 e. The molecular weight excluding hydrogens is 184 g/mol. The molecule has 0 rings (SSSR count). The van der Waals surface area contributed by atoms with Crippen LogP contribution in [0.25, 0.3) is 0 Å². The predicted molar refractivity (Wildman–Crippen MR) is 55.7 cm³/mol. The zero-order valence-electron chi connectivity index (χ0n) is 9.42. The standard InChI is InChI=1S/C9H22O3Si/c1-9(2)7-6-8-12-13(5,10-3)11-4/h9H,6-8H2,1-5H3. The van der Waals surface area contributed by atoms with Crippen molar-refractivity contribution < 1.29 is 13.3 Å². The fraction of sp³-hybridized carbons (Fsp3) is 1.00. The summed E-state index contributed by atoms with van der Waals surface area (Å²) in [5.74, 6) is 0.738. The normalized spacial score (nSPS) is 12.5. The zero-order chi connectivity index (χ0) is 10.3. The first-order valence-electron chi connectivity index (χ1n) is 4.78. The maximum Gasteiger partial charge on any atom is 0.497 e. The van der Waals surface area contributed by atoms with E-state index in [-0.39, 0.29) is 0 Å². The van der Waals surface area contributed by atoms with E-state index in [1.165, 1.54) is 6.42 Å². The average molecular weight is 206 g/mol. The molecule has 0 radical (unpaired) electrons. The number of hydrogen-bond donors (Lipinski definition) is 0. The van der Waals surface area contributed by atoms with Crippen LogP contribution >= 0.6 is 0 Å². The van der Waals surface area contributed by atoms with E-state index in [2.05, 4.69) is 13.8 Å². The molecule has 0 spiro atoms. The minimum atomic E-state index is -2.27. The molecule has 0 aliphatic carbocycles. The van der Waals surface area contributed by atoms with Gasteiger partial charge >= 0.3 is 8.80 Å². The van der Waals surface area contributed by atoms with Crippen molar-refractivity contribution in [3.05, 3.63) is 0 Å². The van der Waals surface area contributed by atoms with Crippen molar-refractivity contribution in [2.75, 3.05) is 20.8 Å². The Morgan fingerprint density at radius 1 is 1.15 bits per heavy atom. The first-order chi connectivity index (χ1) is 6.04. The molecule has 0 saturated heterocycles. The van der Waals surface area contributed by atoms with Crippen molar-refractivity contribution in [2.24, 2.45) is 5.92 Å². The van der Waals surface area contributed by atoms with Gasteiger partial charge in [-0.3, -0.25) is 0 Å². The third kappa shape index (κ3) is 6.21. The fourth-order valence-electron chi connectivity index (χ4n) is 0.950. The highest BCUT2D eigenvalue weighted by molar-refractivity contribution is 6.59. The van der Waals surface area contributed by atoms with Crippen molar-refractivity contribution in [3.63, 3.8) is 0 Å². The molecule has 80 valence electrons. The van der Waals surface area contributed by atoms with Gasteiger partial charge in [0.05, 0.1) is 0 Å². The Balaban J connectivity index is 3.50. The maximum atomic E-state index is 5.57. The van der Waals surface area contributed by atoms with E-state index in [0.717, 1.165) is 18.9 Å². The second-order valence-electron chi connectivity index (χ2n) is 3.66. The molecule has 3 nitrogen and oxygen atoms in total. The number of rotatable bonds is 7. The molecule has 0 aromatic carbocycles. The molecule has 0 fully saturated rings. The van der Waals surface area contributed by atoms with Crippen molar-refractivity contribution in [1.82, 2.24) is 0 Å². The van der Waals surface area contributed by atoms with Gasteiger partial charge in [-0.1, -0.05) is 13.8 Å². The summed E-state index contributed by atoms with van der Waals surface area (Å²) in [6.45, 7) is 7.07. The van der Waals surface area contributed by atoms with Gasteiger partial charge in [-0.05, 0) is 18.8 Å². The molecule has 0 bridgehead atoms. The van der Waals surface area contributed by atoms with Gasteiger partial charge in [0.1, 0.15) is 0 Å². The Morgan fingerprint density at radius 2 is 1.69 bits per heavy atom. The summed E-state index contributed by atoms with van der Waals surface area (Å²) in [6, 6.07) is 0. The predicted octanol–water partition coefficient (Wildman–Crippen LogP) is 2.30. The molecule has 4 heteroatoms. The van der Waals surface area contributed by atoms with E-state index < -0.39 is 8.80 Å². The van der Waals surface area contributed by atoms with Gasteiger partial charge in [-0.2, -0.15) is 0 Å². The molecule has 0 atom stereocenters. The Morgan fingerprint density at radius 3 is 2.08 bits per heavy atom. The average Bonchev–Trinajstić information content (AvgIpc) is 2.12. The van der Waals surface area contributed by atoms with E-state index in [1.54, 1.807) is 14.2 Å². The van der Waals surface area contributed by atoms with Crippen LogP contribution in [0.2, 0.25) is 6.55 Å². The van der Waals surface area contributed by atoms with Gasteiger partial charge < -0.3 is 13.3 Å². The molecule has 0 aromatic heterocycles. The molecule has 0 saturated carbocycles. The van der Waals surface area contributed by atoms with Gasteiger partial charge in [0.2, 0.25) is 0 Å². The van der Waals surface area contributed by atoms with Crippen LogP contribution in [0.5, 0.6) is 0 Å². The van der Waals surface area contributed by atoms with E-state index in [1.807, 2.05) is 6.55 Å². The first kappa shape index (κ1) is 13.1. The van der Waals surface area contributed by atoms with Crippen LogP contribution in [0.3, 0.4) is 0 Å². The first-order valence-corrected chi connectivity index (χ1v) is 7.01. The third-order valence-electron chi connectivity index (χ3n) is 2.03. The summed E-state index contributed by atoms with van der Waals surface area (Å²) in [5.41, 5.74) is 0. The SMILES string of the molecule is CO[Si](C)(OC)OCCCC(C)C. The molecule has 0 aliphatic heterocycles. The lowest BCUT2D eigenvalue weighted by molar-refractivity contribution is 0.103. The lowest BCUT2D eigenvalue weighted by Gasteiger charge is -2.22. The van der Waals surface area contributed by atoms with Crippen molar-refractivity contribution in [1.29, 1.82) is 0 Å². The molecule has 0 aromatic rings. The quantitative estimate of drug-likeness (QED) is 0.472. The lowest BCUT2D eigenvalue weighted by Crippen LogP contribution is -2.40. The molecule has 0 N–H and O–H groups in total. The van der Waals surface area contributed by atoms with Crippen LogP contribution in [0.4, 0.5) is 0 Å². The summed E-state index contributed by atoms with van der Waals surface area (Å²) < 4.78 is 15.9. The van der Waals surface area contributed by atoms with Gasteiger partial charge in [0, 0.05) is 27.4 Å². The Kier molecular flexibility index (Phi) is 6.58. The number of hydrogen-bond acceptors (Lipinski definition) is 3. The topological polar surface area (TPSA) is 27.7 Å². The van der Waals surface area contributed by atoms with Gasteiger partial charge in [-0.15, -0.1) is 0 Å². The molecule has 0 amide bonds. The maximum absolute atomic E-state index is 5.57. The lowest BCUT2D eigenvalue weighted by atomic mass is 10.1. The fourth-order valence-corrected chi connectivity index (χ4v) is 1.87. The monoisotopic (exact) mass is 206 g/mol. The summed E-state index contributed by atoms with van der Waals surface area (Å²) in [5, 5.41) is 0. The van der Waals surface area contributed by atoms with Crippen LogP contribution in [-0.2, 0) is 13.3 Å². The Hall–Kier alpha value is 0.0969.